The molecule has 0 aliphatic carbocycles. The number of nitrogens with zero attached hydrogens (tertiary/aromatic N) is 1. The van der Waals surface area contributed by atoms with E-state index in [1.54, 1.807) is 25.3 Å². The van der Waals surface area contributed by atoms with E-state index < -0.39 is 47.9 Å². The van der Waals surface area contributed by atoms with Gasteiger partial charge in [-0.1, -0.05) is 32.4 Å². The van der Waals surface area contributed by atoms with Crippen LogP contribution in [0.15, 0.2) is 36.8 Å². The number of carbonyl (C=O) groups is 4. The summed E-state index contributed by atoms with van der Waals surface area (Å²) in [7, 11) is 0. The number of nitrogens with two attached hydrogens (primary N) is 1. The first-order chi connectivity index (χ1) is 18.5. The molecule has 0 radical (unpaired) electrons. The largest absolute Gasteiger partial charge is 0.508 e. The molecule has 8 N–H and O–H groups in total. The highest BCUT2D eigenvalue weighted by molar-refractivity contribution is 7.98. The number of carboxylic acids is 1. The molecule has 5 unspecified atom stereocenters. The average Bonchev–Trinajstić information content (AvgIpc) is 3.42. The van der Waals surface area contributed by atoms with Gasteiger partial charge in [-0.3, -0.25) is 14.4 Å². The number of carboxylic acid groups (broad SMARTS) is 1. The number of phenols is 1. The fourth-order valence-corrected chi connectivity index (χ4v) is 4.27. The van der Waals surface area contributed by atoms with Crippen molar-refractivity contribution in [1.29, 1.82) is 0 Å². The molecule has 39 heavy (non-hydrogen) atoms. The van der Waals surface area contributed by atoms with Crippen LogP contribution in [0.1, 0.15) is 37.9 Å². The van der Waals surface area contributed by atoms with Gasteiger partial charge in [0, 0.05) is 24.7 Å². The number of hydrogen-bond donors (Lipinski definition) is 7. The minimum Gasteiger partial charge on any atom is -0.508 e. The van der Waals surface area contributed by atoms with Gasteiger partial charge in [0.05, 0.1) is 12.4 Å². The number of nitrogens with one attached hydrogen (secondary N) is 4. The lowest BCUT2D eigenvalue weighted by Crippen LogP contribution is -2.58. The summed E-state index contributed by atoms with van der Waals surface area (Å²) in [5.41, 5.74) is 7.34. The van der Waals surface area contributed by atoms with Gasteiger partial charge in [-0.05, 0) is 42.0 Å². The Bertz CT molecular complexity index is 1080. The van der Waals surface area contributed by atoms with Crippen LogP contribution in [0.25, 0.3) is 0 Å². The predicted octanol–water partition coefficient (Wildman–Crippen LogP) is 0.566. The highest BCUT2D eigenvalue weighted by Crippen LogP contribution is 2.13. The van der Waals surface area contributed by atoms with E-state index in [1.807, 2.05) is 13.2 Å². The lowest BCUT2D eigenvalue weighted by Gasteiger charge is -2.26. The first kappa shape index (κ1) is 31.6. The van der Waals surface area contributed by atoms with Gasteiger partial charge in [0.1, 0.15) is 23.9 Å². The minimum atomic E-state index is -1.18. The number of benzene rings is 1. The van der Waals surface area contributed by atoms with Gasteiger partial charge in [0.25, 0.3) is 0 Å². The van der Waals surface area contributed by atoms with Crippen LogP contribution in [0.4, 0.5) is 0 Å². The van der Waals surface area contributed by atoms with Gasteiger partial charge in [0.2, 0.25) is 17.7 Å². The van der Waals surface area contributed by atoms with Crippen molar-refractivity contribution in [3.63, 3.8) is 0 Å². The molecule has 0 saturated heterocycles. The highest BCUT2D eigenvalue weighted by Gasteiger charge is 2.32. The van der Waals surface area contributed by atoms with Crippen molar-refractivity contribution in [2.75, 3.05) is 12.0 Å². The summed E-state index contributed by atoms with van der Waals surface area (Å²) >= 11 is 1.49. The van der Waals surface area contributed by atoms with E-state index in [0.717, 1.165) is 0 Å². The number of phenolic OH excluding ortho intramolecular Hbond substituents is 1. The zero-order valence-electron chi connectivity index (χ0n) is 22.3. The van der Waals surface area contributed by atoms with Crippen LogP contribution in [-0.2, 0) is 32.0 Å². The molecule has 0 fully saturated rings. The first-order valence-electron chi connectivity index (χ1n) is 12.7. The number of aromatic hydroxyl groups is 1. The van der Waals surface area contributed by atoms with Gasteiger partial charge in [-0.25, -0.2) is 9.78 Å². The molecule has 1 aromatic heterocycles. The third-order valence-electron chi connectivity index (χ3n) is 6.36. The number of amides is 3. The first-order valence-corrected chi connectivity index (χ1v) is 14.1. The molecule has 3 amide bonds. The lowest BCUT2D eigenvalue weighted by atomic mass is 9.98. The molecule has 0 spiro atoms. The van der Waals surface area contributed by atoms with Gasteiger partial charge in [-0.15, -0.1) is 0 Å². The van der Waals surface area contributed by atoms with Gasteiger partial charge < -0.3 is 36.9 Å². The number of H-pyrrole nitrogens is 1. The normalized spacial score (nSPS) is 14.9. The smallest absolute Gasteiger partial charge is 0.326 e. The molecule has 13 heteroatoms. The summed E-state index contributed by atoms with van der Waals surface area (Å²) in [6.07, 6.45) is 5.93. The van der Waals surface area contributed by atoms with Crippen molar-refractivity contribution in [2.45, 2.75) is 63.7 Å². The molecular weight excluding hydrogens is 524 g/mol. The Morgan fingerprint density at radius 1 is 1.03 bits per heavy atom. The summed E-state index contributed by atoms with van der Waals surface area (Å²) in [5, 5.41) is 27.2. The summed E-state index contributed by atoms with van der Waals surface area (Å²) in [4.78, 5) is 58.0. The topological polar surface area (TPSA) is 200 Å². The molecule has 5 atom stereocenters. The molecule has 0 aliphatic heterocycles. The molecular formula is C26H38N6O6S. The van der Waals surface area contributed by atoms with Crippen molar-refractivity contribution in [3.05, 3.63) is 48.0 Å². The van der Waals surface area contributed by atoms with E-state index in [1.165, 1.54) is 30.2 Å². The maximum absolute atomic E-state index is 13.4. The van der Waals surface area contributed by atoms with Crippen LogP contribution in [0.5, 0.6) is 5.75 Å². The van der Waals surface area contributed by atoms with Crippen molar-refractivity contribution in [1.82, 2.24) is 25.9 Å². The second kappa shape index (κ2) is 15.7. The number of rotatable bonds is 16. The summed E-state index contributed by atoms with van der Waals surface area (Å²) in [5.74, 6) is -2.73. The Balaban J connectivity index is 2.22. The van der Waals surface area contributed by atoms with E-state index >= 15 is 0 Å². The van der Waals surface area contributed by atoms with Crippen LogP contribution in [0.2, 0.25) is 0 Å². The molecule has 0 aliphatic rings. The maximum Gasteiger partial charge on any atom is 0.326 e. The van der Waals surface area contributed by atoms with E-state index in [2.05, 4.69) is 25.9 Å². The number of imidazole rings is 1. The van der Waals surface area contributed by atoms with Crippen molar-refractivity contribution in [3.8, 4) is 5.75 Å². The molecule has 214 valence electrons. The highest BCUT2D eigenvalue weighted by atomic mass is 32.2. The predicted molar refractivity (Wildman–Crippen MR) is 148 cm³/mol. The Labute approximate surface area is 231 Å². The fraction of sp³-hybridized carbons (Fsp3) is 0.500. The van der Waals surface area contributed by atoms with Crippen LogP contribution < -0.4 is 21.7 Å². The van der Waals surface area contributed by atoms with E-state index in [0.29, 0.717) is 23.4 Å². The fourth-order valence-electron chi connectivity index (χ4n) is 3.80. The molecule has 0 saturated carbocycles. The SMILES string of the molecule is CCC(C)C(NC(=O)C(Cc1ccc(O)cc1)NC(=O)C(CCSC)NC(=O)C(N)Cc1cnc[nH]1)C(=O)O. The van der Waals surface area contributed by atoms with Crippen LogP contribution in [-0.4, -0.2) is 80.0 Å². The van der Waals surface area contributed by atoms with Crippen molar-refractivity contribution in [2.24, 2.45) is 11.7 Å². The van der Waals surface area contributed by atoms with E-state index in [4.69, 9.17) is 5.73 Å². The summed E-state index contributed by atoms with van der Waals surface area (Å²) < 4.78 is 0. The van der Waals surface area contributed by atoms with Crippen LogP contribution >= 0.6 is 11.8 Å². The molecule has 12 nitrogen and oxygen atoms in total. The number of aromatic amines is 1. The Morgan fingerprint density at radius 2 is 1.67 bits per heavy atom. The number of hydrogen-bond acceptors (Lipinski definition) is 8. The number of aliphatic carboxylic acids is 1. The number of aromatic nitrogens is 2. The molecule has 0 bridgehead atoms. The maximum atomic E-state index is 13.4. The van der Waals surface area contributed by atoms with Crippen LogP contribution in [0, 0.1) is 5.92 Å². The Hall–Kier alpha value is -3.58. The summed E-state index contributed by atoms with van der Waals surface area (Å²) in [6.45, 7) is 3.53. The van der Waals surface area contributed by atoms with Crippen molar-refractivity contribution >= 4 is 35.5 Å². The quantitative estimate of drug-likeness (QED) is 0.153. The number of carbonyl (C=O) groups excluding carboxylic acids is 3. The second-order valence-electron chi connectivity index (χ2n) is 9.37. The second-order valence-corrected chi connectivity index (χ2v) is 10.4. The van der Waals surface area contributed by atoms with Gasteiger partial charge in [-0.2, -0.15) is 11.8 Å². The molecule has 1 heterocycles. The molecule has 1 aromatic carbocycles. The van der Waals surface area contributed by atoms with Gasteiger partial charge in [0.15, 0.2) is 0 Å². The molecule has 2 rings (SSSR count). The van der Waals surface area contributed by atoms with E-state index in [-0.39, 0.29) is 30.9 Å². The van der Waals surface area contributed by atoms with Crippen molar-refractivity contribution < 1.29 is 29.4 Å². The Kier molecular flexibility index (Phi) is 12.8. The zero-order chi connectivity index (χ0) is 28.9. The van der Waals surface area contributed by atoms with Gasteiger partial charge >= 0.3 is 5.97 Å². The lowest BCUT2D eigenvalue weighted by molar-refractivity contribution is -0.143. The molecule has 2 aromatic rings. The number of thioether (sulfide) groups is 1. The van der Waals surface area contributed by atoms with Crippen LogP contribution in [0.3, 0.4) is 0 Å². The monoisotopic (exact) mass is 562 g/mol. The zero-order valence-corrected chi connectivity index (χ0v) is 23.2. The Morgan fingerprint density at radius 3 is 2.23 bits per heavy atom. The third-order valence-corrected chi connectivity index (χ3v) is 7.00. The minimum absolute atomic E-state index is 0.0350. The third kappa shape index (κ3) is 10.2. The van der Waals surface area contributed by atoms with E-state index in [9.17, 15) is 29.4 Å². The summed E-state index contributed by atoms with van der Waals surface area (Å²) in [6, 6.07) is 1.92. The average molecular weight is 563 g/mol. The standard InChI is InChI=1S/C26H38N6O6S/c1-4-15(2)22(26(37)38)32-25(36)21(11-16-5-7-18(33)8-6-16)31-24(35)20(9-10-39-3)30-23(34)19(27)12-17-13-28-14-29-17/h5-8,13-15,19-22,33H,4,9-12,27H2,1-3H3,(H,28,29)(H,30,34)(H,31,35)(H,32,36)(H,37,38).